The van der Waals surface area contributed by atoms with Gasteiger partial charge in [-0.2, -0.15) is 0 Å². The van der Waals surface area contributed by atoms with Crippen LogP contribution < -0.4 is 11.1 Å². The SMILES string of the molecule is NCCN(Cc1cccc2c1C(=O)N(C1CCC(=O)NC1=O)C2)CC(F)F. The maximum Gasteiger partial charge on any atom is 0.255 e. The lowest BCUT2D eigenvalue weighted by molar-refractivity contribution is -0.136. The number of fused-ring (bicyclic) bond motifs is 1. The van der Waals surface area contributed by atoms with Crippen LogP contribution in [0.5, 0.6) is 0 Å². The number of hydrogen-bond acceptors (Lipinski definition) is 5. The van der Waals surface area contributed by atoms with Crippen molar-refractivity contribution in [3.05, 3.63) is 34.9 Å². The van der Waals surface area contributed by atoms with E-state index in [9.17, 15) is 23.2 Å². The topological polar surface area (TPSA) is 95.7 Å². The maximum absolute atomic E-state index is 13.0. The molecule has 1 fully saturated rings. The lowest BCUT2D eigenvalue weighted by Gasteiger charge is -2.29. The summed E-state index contributed by atoms with van der Waals surface area (Å²) in [6, 6.07) is 4.61. The molecule has 146 valence electrons. The summed E-state index contributed by atoms with van der Waals surface area (Å²) >= 11 is 0. The van der Waals surface area contributed by atoms with Crippen molar-refractivity contribution >= 4 is 17.7 Å². The van der Waals surface area contributed by atoms with Gasteiger partial charge in [0, 0.05) is 38.2 Å². The van der Waals surface area contributed by atoms with E-state index in [1.54, 1.807) is 18.2 Å². The van der Waals surface area contributed by atoms with E-state index in [1.807, 2.05) is 0 Å². The minimum absolute atomic E-state index is 0.180. The first-order valence-electron chi connectivity index (χ1n) is 8.86. The van der Waals surface area contributed by atoms with Crippen LogP contribution in [0.15, 0.2) is 18.2 Å². The molecule has 2 aliphatic rings. The lowest BCUT2D eigenvalue weighted by Crippen LogP contribution is -2.52. The molecule has 27 heavy (non-hydrogen) atoms. The second kappa shape index (κ2) is 8.10. The molecule has 7 nitrogen and oxygen atoms in total. The van der Waals surface area contributed by atoms with Crippen molar-refractivity contribution in [2.75, 3.05) is 19.6 Å². The number of nitrogens with one attached hydrogen (secondary N) is 1. The third-order valence-electron chi connectivity index (χ3n) is 4.87. The van der Waals surface area contributed by atoms with Gasteiger partial charge in [0.2, 0.25) is 11.8 Å². The highest BCUT2D eigenvalue weighted by molar-refractivity contribution is 6.05. The zero-order valence-electron chi connectivity index (χ0n) is 14.8. The first-order chi connectivity index (χ1) is 12.9. The number of carbonyl (C=O) groups is 3. The quantitative estimate of drug-likeness (QED) is 0.671. The second-order valence-electron chi connectivity index (χ2n) is 6.77. The zero-order valence-corrected chi connectivity index (χ0v) is 14.8. The van der Waals surface area contributed by atoms with Gasteiger partial charge >= 0.3 is 0 Å². The van der Waals surface area contributed by atoms with Gasteiger partial charge in [-0.3, -0.25) is 24.6 Å². The Kier molecular flexibility index (Phi) is 5.81. The van der Waals surface area contributed by atoms with Crippen molar-refractivity contribution < 1.29 is 23.2 Å². The normalized spacial score (nSPS) is 19.8. The number of imide groups is 1. The van der Waals surface area contributed by atoms with Gasteiger partial charge in [0.15, 0.2) is 0 Å². The first kappa shape index (κ1) is 19.4. The fourth-order valence-electron chi connectivity index (χ4n) is 3.68. The second-order valence-corrected chi connectivity index (χ2v) is 6.77. The molecule has 3 N–H and O–H groups in total. The molecule has 1 saturated heterocycles. The Balaban J connectivity index is 1.81. The molecule has 2 heterocycles. The molecular weight excluding hydrogens is 358 g/mol. The number of rotatable bonds is 7. The summed E-state index contributed by atoms with van der Waals surface area (Å²) in [7, 11) is 0. The average molecular weight is 380 g/mol. The highest BCUT2D eigenvalue weighted by Crippen LogP contribution is 2.30. The number of hydrogen-bond donors (Lipinski definition) is 2. The predicted octanol–water partition coefficient (Wildman–Crippen LogP) is 0.473. The first-order valence-corrected chi connectivity index (χ1v) is 8.86. The van der Waals surface area contributed by atoms with E-state index in [-0.39, 0.29) is 44.3 Å². The molecule has 0 saturated carbocycles. The van der Waals surface area contributed by atoms with Crippen molar-refractivity contribution in [3.8, 4) is 0 Å². The van der Waals surface area contributed by atoms with Crippen LogP contribution in [0.2, 0.25) is 0 Å². The van der Waals surface area contributed by atoms with Gasteiger partial charge in [-0.05, 0) is 17.5 Å². The number of benzene rings is 1. The van der Waals surface area contributed by atoms with Crippen LogP contribution in [0.1, 0.15) is 34.3 Å². The summed E-state index contributed by atoms with van der Waals surface area (Å²) in [5.74, 6) is -1.12. The smallest absolute Gasteiger partial charge is 0.255 e. The number of alkyl halides is 2. The van der Waals surface area contributed by atoms with Gasteiger partial charge < -0.3 is 10.6 Å². The Labute approximate surface area is 155 Å². The van der Waals surface area contributed by atoms with Gasteiger partial charge in [-0.15, -0.1) is 0 Å². The minimum atomic E-state index is -2.50. The standard InChI is InChI=1S/C18H22F2N4O3/c19-14(20)10-23(7-6-21)8-11-2-1-3-12-9-24(18(27)16(11)12)13-4-5-15(25)22-17(13)26/h1-3,13-14H,4-10,21H2,(H,22,25,26). The predicted molar refractivity (Wildman–Crippen MR) is 92.8 cm³/mol. The van der Waals surface area contributed by atoms with Crippen LogP contribution >= 0.6 is 0 Å². The molecule has 2 aliphatic heterocycles. The Morgan fingerprint density at radius 3 is 2.74 bits per heavy atom. The van der Waals surface area contributed by atoms with Crippen LogP contribution in [0.25, 0.3) is 0 Å². The van der Waals surface area contributed by atoms with E-state index >= 15 is 0 Å². The fourth-order valence-corrected chi connectivity index (χ4v) is 3.68. The molecule has 0 spiro atoms. The summed E-state index contributed by atoms with van der Waals surface area (Å²) in [5, 5.41) is 2.26. The van der Waals surface area contributed by atoms with Crippen LogP contribution in [-0.2, 0) is 22.7 Å². The van der Waals surface area contributed by atoms with Gasteiger partial charge in [0.05, 0.1) is 6.54 Å². The number of amides is 3. The monoisotopic (exact) mass is 380 g/mol. The molecule has 1 aromatic rings. The largest absolute Gasteiger partial charge is 0.329 e. The molecule has 1 atom stereocenters. The molecule has 3 rings (SSSR count). The van der Waals surface area contributed by atoms with Crippen molar-refractivity contribution in [2.24, 2.45) is 5.73 Å². The van der Waals surface area contributed by atoms with Crippen molar-refractivity contribution in [2.45, 2.75) is 38.4 Å². The number of nitrogens with zero attached hydrogens (tertiary/aromatic N) is 2. The van der Waals surface area contributed by atoms with E-state index < -0.39 is 24.9 Å². The summed E-state index contributed by atoms with van der Waals surface area (Å²) in [4.78, 5) is 39.4. The van der Waals surface area contributed by atoms with Crippen LogP contribution in [0.4, 0.5) is 8.78 Å². The third-order valence-corrected chi connectivity index (χ3v) is 4.87. The van der Waals surface area contributed by atoms with Crippen LogP contribution in [-0.4, -0.2) is 59.6 Å². The molecule has 1 unspecified atom stereocenters. The summed E-state index contributed by atoms with van der Waals surface area (Å²) in [6.07, 6.45) is -2.03. The highest BCUT2D eigenvalue weighted by Gasteiger charge is 2.40. The van der Waals surface area contributed by atoms with Gasteiger partial charge in [0.25, 0.3) is 12.3 Å². The zero-order chi connectivity index (χ0) is 19.6. The molecule has 9 heteroatoms. The highest BCUT2D eigenvalue weighted by atomic mass is 19.3. The van der Waals surface area contributed by atoms with E-state index in [0.29, 0.717) is 17.7 Å². The molecular formula is C18H22F2N4O3. The van der Waals surface area contributed by atoms with Gasteiger partial charge in [-0.1, -0.05) is 18.2 Å². The third kappa shape index (κ3) is 4.14. The van der Waals surface area contributed by atoms with Crippen LogP contribution in [0, 0.1) is 0 Å². The molecule has 0 bridgehead atoms. The number of piperidine rings is 1. The Morgan fingerprint density at radius 1 is 1.30 bits per heavy atom. The molecule has 3 amide bonds. The average Bonchev–Trinajstić information content (AvgIpc) is 2.92. The number of nitrogens with two attached hydrogens (primary N) is 1. The Morgan fingerprint density at radius 2 is 2.07 bits per heavy atom. The molecule has 0 radical (unpaired) electrons. The van der Waals surface area contributed by atoms with E-state index in [4.69, 9.17) is 5.73 Å². The van der Waals surface area contributed by atoms with Gasteiger partial charge in [-0.25, -0.2) is 8.78 Å². The maximum atomic E-state index is 13.0. The Hall–Kier alpha value is -2.39. The minimum Gasteiger partial charge on any atom is -0.329 e. The fraction of sp³-hybridized carbons (Fsp3) is 0.500. The van der Waals surface area contributed by atoms with Crippen molar-refractivity contribution in [3.63, 3.8) is 0 Å². The summed E-state index contributed by atoms with van der Waals surface area (Å²) in [5.41, 5.74) is 7.36. The van der Waals surface area contributed by atoms with E-state index in [2.05, 4.69) is 5.32 Å². The summed E-state index contributed by atoms with van der Waals surface area (Å²) in [6.45, 7) is 0.544. The number of halogens is 2. The van der Waals surface area contributed by atoms with Crippen molar-refractivity contribution in [1.29, 1.82) is 0 Å². The number of carbonyl (C=O) groups excluding carboxylic acids is 3. The summed E-state index contributed by atoms with van der Waals surface area (Å²) < 4.78 is 25.6. The molecule has 1 aromatic carbocycles. The van der Waals surface area contributed by atoms with E-state index in [1.165, 1.54) is 9.80 Å². The van der Waals surface area contributed by atoms with Gasteiger partial charge in [0.1, 0.15) is 6.04 Å². The lowest BCUT2D eigenvalue weighted by atomic mass is 10.0. The van der Waals surface area contributed by atoms with Crippen LogP contribution in [0.3, 0.4) is 0 Å². The van der Waals surface area contributed by atoms with E-state index in [0.717, 1.165) is 5.56 Å². The Bertz CT molecular complexity index is 756. The molecule has 0 aromatic heterocycles. The van der Waals surface area contributed by atoms with Crippen molar-refractivity contribution in [1.82, 2.24) is 15.1 Å². The molecule has 0 aliphatic carbocycles.